The number of aromatic nitrogens is 3. The number of benzene rings is 1. The lowest BCUT2D eigenvalue weighted by molar-refractivity contribution is 0.311. The van der Waals surface area contributed by atoms with Gasteiger partial charge in [-0.2, -0.15) is 9.97 Å². The number of sulfonamides is 1. The number of nitrogens with zero attached hydrogens (tertiary/aromatic N) is 3. The number of aliphatic hydroxyl groups is 1. The lowest BCUT2D eigenvalue weighted by atomic mass is 10.2. The predicted molar refractivity (Wildman–Crippen MR) is 119 cm³/mol. The molecule has 30 heavy (non-hydrogen) atoms. The van der Waals surface area contributed by atoms with E-state index in [1.54, 1.807) is 5.38 Å². The molecule has 0 aliphatic carbocycles. The van der Waals surface area contributed by atoms with Crippen LogP contribution in [0.2, 0.25) is 0 Å². The Bertz CT molecular complexity index is 1350. The Morgan fingerprint density at radius 1 is 1.03 bits per heavy atom. The minimum absolute atomic E-state index is 0.0213. The van der Waals surface area contributed by atoms with Crippen molar-refractivity contribution < 1.29 is 13.5 Å². The molecule has 0 saturated carbocycles. The summed E-state index contributed by atoms with van der Waals surface area (Å²) in [5, 5.41) is 15.4. The average molecular weight is 447 g/mol. The van der Waals surface area contributed by atoms with E-state index in [0.717, 1.165) is 0 Å². The number of anilines is 5. The number of hydrogen-bond donors (Lipinski definition) is 6. The molecule has 0 radical (unpaired) electrons. The SMILES string of the molecule is Nc1ccc(S(=O)(=O)Nc2nc3nc(NCCO)nc(N)c3c3csc(N)c23)cc1. The van der Waals surface area contributed by atoms with Gasteiger partial charge in [0.25, 0.3) is 10.0 Å². The van der Waals surface area contributed by atoms with E-state index in [0.29, 0.717) is 26.8 Å². The summed E-state index contributed by atoms with van der Waals surface area (Å²) in [5.41, 5.74) is 18.5. The van der Waals surface area contributed by atoms with Crippen LogP contribution in [0.25, 0.3) is 21.8 Å². The van der Waals surface area contributed by atoms with Gasteiger partial charge in [-0.3, -0.25) is 4.72 Å². The molecule has 3 aromatic heterocycles. The number of hydrogen-bond acceptors (Lipinski definition) is 11. The largest absolute Gasteiger partial charge is 0.399 e. The fourth-order valence-corrected chi connectivity index (χ4v) is 4.74. The van der Waals surface area contributed by atoms with E-state index in [1.165, 1.54) is 35.6 Å². The quantitative estimate of drug-likeness (QED) is 0.234. The average Bonchev–Trinajstić information content (AvgIpc) is 3.08. The van der Waals surface area contributed by atoms with E-state index < -0.39 is 10.0 Å². The number of aliphatic hydroxyl groups excluding tert-OH is 1. The van der Waals surface area contributed by atoms with Gasteiger partial charge in [0.1, 0.15) is 5.82 Å². The maximum absolute atomic E-state index is 12.9. The number of nitrogen functional groups attached to an aromatic ring is 3. The van der Waals surface area contributed by atoms with Crippen LogP contribution in [0.3, 0.4) is 0 Å². The number of nitrogens with two attached hydrogens (primary N) is 3. The molecule has 156 valence electrons. The maximum atomic E-state index is 12.9. The molecule has 0 atom stereocenters. The lowest BCUT2D eigenvalue weighted by Gasteiger charge is -2.12. The van der Waals surface area contributed by atoms with Crippen LogP contribution in [-0.4, -0.2) is 41.6 Å². The first kappa shape index (κ1) is 19.9. The fourth-order valence-electron chi connectivity index (χ4n) is 2.92. The number of rotatable bonds is 6. The molecule has 4 rings (SSSR count). The Labute approximate surface area is 175 Å². The molecule has 0 unspecified atom stereocenters. The fraction of sp³-hybridized carbons (Fsp3) is 0.118. The van der Waals surface area contributed by atoms with Crippen LogP contribution in [0.1, 0.15) is 0 Å². The van der Waals surface area contributed by atoms with Crippen LogP contribution in [0, 0.1) is 0 Å². The topological polar surface area (TPSA) is 195 Å². The van der Waals surface area contributed by atoms with Crippen molar-refractivity contribution in [3.05, 3.63) is 29.6 Å². The summed E-state index contributed by atoms with van der Waals surface area (Å²) in [4.78, 5) is 12.9. The van der Waals surface area contributed by atoms with Crippen LogP contribution in [0.15, 0.2) is 34.5 Å². The standard InChI is InChI=1S/C17H18N8O3S2/c18-8-1-3-9(4-2-8)30(27,28)25-16-12-10(7-29-14(12)20)11-13(19)22-17(21-5-6-26)24-15(11)23-16/h1-4,7,26H,5-6,18,20H2,(H4,19,21,22,23,24,25). The van der Waals surface area contributed by atoms with Crippen molar-refractivity contribution in [2.24, 2.45) is 0 Å². The highest BCUT2D eigenvalue weighted by Crippen LogP contribution is 2.39. The predicted octanol–water partition coefficient (Wildman–Crippen LogP) is 1.19. The molecule has 0 fully saturated rings. The van der Waals surface area contributed by atoms with Gasteiger partial charge in [-0.15, -0.1) is 11.3 Å². The Kier molecular flexibility index (Phi) is 4.93. The minimum atomic E-state index is -3.96. The highest BCUT2D eigenvalue weighted by molar-refractivity contribution is 7.92. The van der Waals surface area contributed by atoms with Crippen molar-refractivity contribution in [3.63, 3.8) is 0 Å². The van der Waals surface area contributed by atoms with Gasteiger partial charge < -0.3 is 27.6 Å². The van der Waals surface area contributed by atoms with Crippen LogP contribution in [-0.2, 0) is 10.0 Å². The van der Waals surface area contributed by atoms with Crippen LogP contribution in [0.5, 0.6) is 0 Å². The normalized spacial score (nSPS) is 11.8. The van der Waals surface area contributed by atoms with Gasteiger partial charge in [0.05, 0.1) is 27.3 Å². The first-order chi connectivity index (χ1) is 14.3. The lowest BCUT2D eigenvalue weighted by Crippen LogP contribution is -2.15. The molecule has 13 heteroatoms. The van der Waals surface area contributed by atoms with E-state index >= 15 is 0 Å². The molecule has 0 bridgehead atoms. The molecule has 1 aromatic carbocycles. The van der Waals surface area contributed by atoms with Crippen molar-refractivity contribution in [1.82, 2.24) is 15.0 Å². The summed E-state index contributed by atoms with van der Waals surface area (Å²) >= 11 is 1.22. The molecule has 9 N–H and O–H groups in total. The number of fused-ring (bicyclic) bond motifs is 3. The third kappa shape index (κ3) is 3.49. The molecule has 0 aliphatic rings. The summed E-state index contributed by atoms with van der Waals surface area (Å²) < 4.78 is 28.2. The Balaban J connectivity index is 1.89. The summed E-state index contributed by atoms with van der Waals surface area (Å²) in [7, 11) is -3.96. The van der Waals surface area contributed by atoms with Gasteiger partial charge in [-0.1, -0.05) is 0 Å². The van der Waals surface area contributed by atoms with Gasteiger partial charge in [0.2, 0.25) is 5.95 Å². The van der Waals surface area contributed by atoms with Gasteiger partial charge in [0.15, 0.2) is 11.5 Å². The second-order valence-electron chi connectivity index (χ2n) is 6.31. The van der Waals surface area contributed by atoms with Crippen molar-refractivity contribution in [2.45, 2.75) is 4.90 Å². The van der Waals surface area contributed by atoms with E-state index in [9.17, 15) is 8.42 Å². The zero-order chi connectivity index (χ0) is 21.5. The van der Waals surface area contributed by atoms with Crippen LogP contribution in [0.4, 0.5) is 28.3 Å². The van der Waals surface area contributed by atoms with Gasteiger partial charge in [0, 0.05) is 23.0 Å². The molecule has 11 nitrogen and oxygen atoms in total. The first-order valence-electron chi connectivity index (χ1n) is 8.67. The molecule has 0 spiro atoms. The number of nitrogens with one attached hydrogen (secondary N) is 2. The van der Waals surface area contributed by atoms with Gasteiger partial charge in [-0.05, 0) is 24.3 Å². The minimum Gasteiger partial charge on any atom is -0.399 e. The van der Waals surface area contributed by atoms with E-state index in [1.807, 2.05) is 0 Å². The second kappa shape index (κ2) is 7.44. The van der Waals surface area contributed by atoms with Crippen molar-refractivity contribution in [1.29, 1.82) is 0 Å². The number of thiophene rings is 1. The second-order valence-corrected chi connectivity index (χ2v) is 8.90. The van der Waals surface area contributed by atoms with E-state index in [2.05, 4.69) is 25.0 Å². The Morgan fingerprint density at radius 2 is 1.77 bits per heavy atom. The summed E-state index contributed by atoms with van der Waals surface area (Å²) in [6.45, 7) is 0.0939. The third-order valence-electron chi connectivity index (χ3n) is 4.28. The molecule has 0 saturated heterocycles. The molecule has 4 aromatic rings. The van der Waals surface area contributed by atoms with Gasteiger partial charge in [-0.25, -0.2) is 13.4 Å². The highest BCUT2D eigenvalue weighted by Gasteiger charge is 2.22. The van der Waals surface area contributed by atoms with Crippen LogP contribution < -0.4 is 27.2 Å². The Morgan fingerprint density at radius 3 is 2.47 bits per heavy atom. The highest BCUT2D eigenvalue weighted by atomic mass is 32.2. The van der Waals surface area contributed by atoms with E-state index in [4.69, 9.17) is 22.3 Å². The smallest absolute Gasteiger partial charge is 0.263 e. The Hall–Kier alpha value is -3.42. The molecular weight excluding hydrogens is 428 g/mol. The van der Waals surface area contributed by atoms with Crippen LogP contribution >= 0.6 is 11.3 Å². The third-order valence-corrected chi connectivity index (χ3v) is 6.44. The molecule has 3 heterocycles. The van der Waals surface area contributed by atoms with Crippen molar-refractivity contribution in [2.75, 3.05) is 40.4 Å². The van der Waals surface area contributed by atoms with Gasteiger partial charge >= 0.3 is 0 Å². The number of pyridine rings is 1. The summed E-state index contributed by atoms with van der Waals surface area (Å²) in [6, 6.07) is 5.77. The van der Waals surface area contributed by atoms with Crippen molar-refractivity contribution >= 4 is 71.4 Å². The monoisotopic (exact) mass is 446 g/mol. The summed E-state index contributed by atoms with van der Waals surface area (Å²) in [6.07, 6.45) is 0. The zero-order valence-electron chi connectivity index (χ0n) is 15.5. The zero-order valence-corrected chi connectivity index (χ0v) is 17.1. The van der Waals surface area contributed by atoms with E-state index in [-0.39, 0.29) is 41.3 Å². The summed E-state index contributed by atoms with van der Waals surface area (Å²) in [5.74, 6) is 0.347. The first-order valence-corrected chi connectivity index (χ1v) is 11.0. The molecule has 0 amide bonds. The maximum Gasteiger partial charge on any atom is 0.263 e. The molecular formula is C17H18N8O3S2. The molecule has 0 aliphatic heterocycles. The van der Waals surface area contributed by atoms with Crippen molar-refractivity contribution in [3.8, 4) is 0 Å².